The van der Waals surface area contributed by atoms with Crippen LogP contribution in [0, 0.1) is 11.8 Å². The van der Waals surface area contributed by atoms with Gasteiger partial charge >= 0.3 is 0 Å². The lowest BCUT2D eigenvalue weighted by Gasteiger charge is -2.26. The number of hydrogen-bond acceptors (Lipinski definition) is 3. The smallest absolute Gasteiger partial charge is 0.224 e. The number of Topliss-reactive ketones (excluding diaryl/α,β-unsaturated/α-hetero) is 1. The average Bonchev–Trinajstić information content (AvgIpc) is 2.26. The fourth-order valence-corrected chi connectivity index (χ4v) is 2.12. The molecule has 2 N–H and O–H groups in total. The SMILES string of the molecule is CNCNC(=O)C1CCCC(C(C)=O)C1. The molecule has 4 nitrogen and oxygen atoms in total. The molecule has 0 bridgehead atoms. The fourth-order valence-electron chi connectivity index (χ4n) is 2.12. The third-order valence-electron chi connectivity index (χ3n) is 3.06. The second-order valence-electron chi connectivity index (χ2n) is 4.24. The van der Waals surface area contributed by atoms with Gasteiger partial charge in [-0.05, 0) is 33.2 Å². The molecule has 86 valence electrons. The molecule has 2 unspecified atom stereocenters. The minimum Gasteiger partial charge on any atom is -0.343 e. The summed E-state index contributed by atoms with van der Waals surface area (Å²) in [6.45, 7) is 2.12. The van der Waals surface area contributed by atoms with E-state index in [9.17, 15) is 9.59 Å². The van der Waals surface area contributed by atoms with E-state index in [1.807, 2.05) is 0 Å². The van der Waals surface area contributed by atoms with Crippen molar-refractivity contribution in [3.8, 4) is 0 Å². The number of carbonyl (C=O) groups is 2. The summed E-state index contributed by atoms with van der Waals surface area (Å²) in [7, 11) is 1.79. The van der Waals surface area contributed by atoms with Gasteiger partial charge in [0.05, 0.1) is 6.67 Å². The van der Waals surface area contributed by atoms with Gasteiger partial charge in [-0.15, -0.1) is 0 Å². The Balaban J connectivity index is 2.41. The molecule has 0 aromatic rings. The van der Waals surface area contributed by atoms with Crippen molar-refractivity contribution in [2.45, 2.75) is 32.6 Å². The molecule has 0 aromatic carbocycles. The van der Waals surface area contributed by atoms with Crippen LogP contribution < -0.4 is 10.6 Å². The molecule has 1 fully saturated rings. The van der Waals surface area contributed by atoms with Crippen molar-refractivity contribution in [2.75, 3.05) is 13.7 Å². The highest BCUT2D eigenvalue weighted by Gasteiger charge is 2.28. The summed E-state index contributed by atoms with van der Waals surface area (Å²) >= 11 is 0. The predicted octanol–water partition coefficient (Wildman–Crippen LogP) is 0.675. The van der Waals surface area contributed by atoms with E-state index in [2.05, 4.69) is 10.6 Å². The Hall–Kier alpha value is -0.900. The van der Waals surface area contributed by atoms with Gasteiger partial charge in [0.15, 0.2) is 0 Å². The van der Waals surface area contributed by atoms with Crippen molar-refractivity contribution >= 4 is 11.7 Å². The minimum absolute atomic E-state index is 0.0287. The van der Waals surface area contributed by atoms with Gasteiger partial charge in [-0.3, -0.25) is 9.59 Å². The second-order valence-corrected chi connectivity index (χ2v) is 4.24. The van der Waals surface area contributed by atoms with Gasteiger partial charge in [0, 0.05) is 11.8 Å². The Morgan fingerprint density at radius 1 is 1.27 bits per heavy atom. The van der Waals surface area contributed by atoms with E-state index in [-0.39, 0.29) is 23.5 Å². The van der Waals surface area contributed by atoms with E-state index in [0.29, 0.717) is 6.67 Å². The van der Waals surface area contributed by atoms with E-state index in [4.69, 9.17) is 0 Å². The topological polar surface area (TPSA) is 58.2 Å². The third-order valence-corrected chi connectivity index (χ3v) is 3.06. The van der Waals surface area contributed by atoms with Gasteiger partial charge in [0.1, 0.15) is 5.78 Å². The number of nitrogens with one attached hydrogen (secondary N) is 2. The van der Waals surface area contributed by atoms with Crippen LogP contribution in [0.4, 0.5) is 0 Å². The second kappa shape index (κ2) is 5.85. The van der Waals surface area contributed by atoms with Crippen LogP contribution in [0.3, 0.4) is 0 Å². The molecule has 2 atom stereocenters. The molecule has 1 aliphatic carbocycles. The van der Waals surface area contributed by atoms with Crippen molar-refractivity contribution in [3.63, 3.8) is 0 Å². The van der Waals surface area contributed by atoms with E-state index in [0.717, 1.165) is 25.7 Å². The summed E-state index contributed by atoms with van der Waals surface area (Å²) in [4.78, 5) is 22.9. The highest BCUT2D eigenvalue weighted by molar-refractivity contribution is 5.82. The largest absolute Gasteiger partial charge is 0.343 e. The molecular formula is C11H20N2O2. The van der Waals surface area contributed by atoms with E-state index in [1.165, 1.54) is 0 Å². The zero-order chi connectivity index (χ0) is 11.3. The molecule has 0 aliphatic heterocycles. The average molecular weight is 212 g/mol. The first-order valence-electron chi connectivity index (χ1n) is 5.58. The molecule has 1 aliphatic rings. The molecule has 1 saturated carbocycles. The standard InChI is InChI=1S/C11H20N2O2/c1-8(14)9-4-3-5-10(6-9)11(15)13-7-12-2/h9-10,12H,3-7H2,1-2H3,(H,13,15). The van der Waals surface area contributed by atoms with Crippen LogP contribution in [0.1, 0.15) is 32.6 Å². The first-order valence-corrected chi connectivity index (χ1v) is 5.58. The summed E-state index contributed by atoms with van der Waals surface area (Å²) in [5.41, 5.74) is 0. The van der Waals surface area contributed by atoms with Gasteiger partial charge in [-0.25, -0.2) is 0 Å². The first-order chi connectivity index (χ1) is 7.15. The monoisotopic (exact) mass is 212 g/mol. The van der Waals surface area contributed by atoms with Crippen molar-refractivity contribution in [2.24, 2.45) is 11.8 Å². The summed E-state index contributed by atoms with van der Waals surface area (Å²) in [5, 5.41) is 5.67. The van der Waals surface area contributed by atoms with Crippen molar-refractivity contribution in [1.29, 1.82) is 0 Å². The summed E-state index contributed by atoms with van der Waals surface area (Å²) in [6, 6.07) is 0. The first kappa shape index (κ1) is 12.2. The fraction of sp³-hybridized carbons (Fsp3) is 0.818. The zero-order valence-corrected chi connectivity index (χ0v) is 9.51. The van der Waals surface area contributed by atoms with Crippen LogP contribution in [-0.2, 0) is 9.59 Å². The predicted molar refractivity (Wildman–Crippen MR) is 58.2 cm³/mol. The van der Waals surface area contributed by atoms with Gasteiger partial charge in [0.25, 0.3) is 0 Å². The molecule has 0 radical (unpaired) electrons. The number of carbonyl (C=O) groups excluding carboxylic acids is 2. The maximum Gasteiger partial charge on any atom is 0.224 e. The number of ketones is 1. The Kier molecular flexibility index (Phi) is 4.75. The Labute approximate surface area is 90.8 Å². The van der Waals surface area contributed by atoms with Crippen LogP contribution in [0.5, 0.6) is 0 Å². The zero-order valence-electron chi connectivity index (χ0n) is 9.51. The molecular weight excluding hydrogens is 192 g/mol. The van der Waals surface area contributed by atoms with Gasteiger partial charge in [-0.2, -0.15) is 0 Å². The Morgan fingerprint density at radius 3 is 2.53 bits per heavy atom. The quantitative estimate of drug-likeness (QED) is 0.674. The molecule has 0 saturated heterocycles. The van der Waals surface area contributed by atoms with Crippen molar-refractivity contribution < 1.29 is 9.59 Å². The van der Waals surface area contributed by atoms with Crippen LogP contribution in [0.15, 0.2) is 0 Å². The lowest BCUT2D eigenvalue weighted by Crippen LogP contribution is -2.38. The highest BCUT2D eigenvalue weighted by Crippen LogP contribution is 2.29. The Bertz CT molecular complexity index is 241. The Morgan fingerprint density at radius 2 is 1.93 bits per heavy atom. The third kappa shape index (κ3) is 3.63. The number of rotatable bonds is 4. The molecule has 1 amide bonds. The molecule has 0 spiro atoms. The molecule has 4 heteroatoms. The van der Waals surface area contributed by atoms with Gasteiger partial charge in [0.2, 0.25) is 5.91 Å². The van der Waals surface area contributed by atoms with Crippen molar-refractivity contribution in [1.82, 2.24) is 10.6 Å². The van der Waals surface area contributed by atoms with Crippen LogP contribution in [0.25, 0.3) is 0 Å². The van der Waals surface area contributed by atoms with E-state index < -0.39 is 0 Å². The summed E-state index contributed by atoms with van der Waals surface area (Å²) in [6.07, 6.45) is 3.58. The maximum atomic E-state index is 11.7. The minimum atomic E-state index is 0.0287. The van der Waals surface area contributed by atoms with E-state index in [1.54, 1.807) is 14.0 Å². The van der Waals surface area contributed by atoms with E-state index >= 15 is 0 Å². The highest BCUT2D eigenvalue weighted by atomic mass is 16.2. The number of hydrogen-bond donors (Lipinski definition) is 2. The van der Waals surface area contributed by atoms with Crippen molar-refractivity contribution in [3.05, 3.63) is 0 Å². The van der Waals surface area contributed by atoms with Crippen LogP contribution in [0.2, 0.25) is 0 Å². The molecule has 15 heavy (non-hydrogen) atoms. The molecule has 0 heterocycles. The lowest BCUT2D eigenvalue weighted by molar-refractivity contribution is -0.128. The van der Waals surface area contributed by atoms with Gasteiger partial charge in [-0.1, -0.05) is 6.42 Å². The molecule has 0 aromatic heterocycles. The normalized spacial score (nSPS) is 26.0. The number of amides is 1. The summed E-state index contributed by atoms with van der Waals surface area (Å²) in [5.74, 6) is 0.432. The summed E-state index contributed by atoms with van der Waals surface area (Å²) < 4.78 is 0. The van der Waals surface area contributed by atoms with Gasteiger partial charge < -0.3 is 10.6 Å². The lowest BCUT2D eigenvalue weighted by atomic mass is 9.79. The van der Waals surface area contributed by atoms with Crippen LogP contribution in [-0.4, -0.2) is 25.4 Å². The molecule has 1 rings (SSSR count). The maximum absolute atomic E-state index is 11.7. The van der Waals surface area contributed by atoms with Crippen LogP contribution >= 0.6 is 0 Å².